The molecule has 0 rings (SSSR count). The minimum absolute atomic E-state index is 0.125. The minimum atomic E-state index is -4.39. The van der Waals surface area contributed by atoms with Gasteiger partial charge >= 0.3 is 0 Å². The van der Waals surface area contributed by atoms with Crippen LogP contribution in [0, 0.1) is 0 Å². The van der Waals surface area contributed by atoms with E-state index in [2.05, 4.69) is 6.92 Å². The molecule has 4 nitrogen and oxygen atoms in total. The van der Waals surface area contributed by atoms with Gasteiger partial charge in [-0.05, 0) is 25.7 Å². The molecule has 0 saturated heterocycles. The molecule has 0 fully saturated rings. The first-order valence-corrected chi connectivity index (χ1v) is 11.0. The fraction of sp³-hybridized carbons (Fsp3) is 1.00. The number of hydrogen-bond donors (Lipinski definition) is 2. The fourth-order valence-corrected chi connectivity index (χ4v) is 3.71. The van der Waals surface area contributed by atoms with E-state index in [0.717, 1.165) is 19.3 Å². The average molecular weight is 351 g/mol. The van der Waals surface area contributed by atoms with Gasteiger partial charge in [-0.3, -0.25) is 4.55 Å². The maximum Gasteiger partial charge on any atom is 0.294 e. The van der Waals surface area contributed by atoms with Crippen molar-refractivity contribution < 1.29 is 18.1 Å². The molecule has 0 saturated carbocycles. The van der Waals surface area contributed by atoms with Crippen LogP contribution in [-0.4, -0.2) is 23.0 Å². The summed E-state index contributed by atoms with van der Waals surface area (Å²) in [6.07, 6.45) is 14.7. The van der Waals surface area contributed by atoms with Gasteiger partial charge in [0.05, 0.1) is 0 Å². The maximum absolute atomic E-state index is 11.4. The van der Waals surface area contributed by atoms with Gasteiger partial charge in [0.25, 0.3) is 10.1 Å². The number of hydrogen-bond acceptors (Lipinski definition) is 3. The van der Waals surface area contributed by atoms with Gasteiger partial charge in [0.1, 0.15) is 0 Å². The van der Waals surface area contributed by atoms with Crippen molar-refractivity contribution in [3.05, 3.63) is 0 Å². The van der Waals surface area contributed by atoms with E-state index in [1.54, 1.807) is 0 Å². The van der Waals surface area contributed by atoms with Gasteiger partial charge in [-0.1, -0.05) is 84.5 Å². The second kappa shape index (κ2) is 13.2. The summed E-state index contributed by atoms with van der Waals surface area (Å²) in [5.41, 5.74) is 0. The van der Waals surface area contributed by atoms with Crippen molar-refractivity contribution in [2.24, 2.45) is 0 Å². The predicted molar refractivity (Wildman–Crippen MR) is 97.1 cm³/mol. The van der Waals surface area contributed by atoms with E-state index in [1.165, 1.54) is 51.4 Å². The Morgan fingerprint density at radius 3 is 1.39 bits per heavy atom. The highest BCUT2D eigenvalue weighted by Gasteiger charge is 2.39. The zero-order chi connectivity index (χ0) is 17.6. The van der Waals surface area contributed by atoms with Gasteiger partial charge in [0.15, 0.2) is 4.93 Å². The van der Waals surface area contributed by atoms with Crippen molar-refractivity contribution in [3.63, 3.8) is 0 Å². The van der Waals surface area contributed by atoms with Crippen molar-refractivity contribution in [3.8, 4) is 0 Å². The van der Waals surface area contributed by atoms with Crippen LogP contribution in [0.25, 0.3) is 0 Å². The molecule has 0 aliphatic rings. The van der Waals surface area contributed by atoms with Gasteiger partial charge < -0.3 is 5.11 Å². The normalized spacial score (nSPS) is 14.8. The van der Waals surface area contributed by atoms with E-state index in [0.29, 0.717) is 12.8 Å². The van der Waals surface area contributed by atoms with E-state index in [9.17, 15) is 18.1 Å². The zero-order valence-corrected chi connectivity index (χ0v) is 16.0. The molecule has 0 amide bonds. The molecule has 0 spiro atoms. The molecule has 0 aromatic heterocycles. The molecule has 0 aromatic rings. The summed E-state index contributed by atoms with van der Waals surface area (Å²) in [5.74, 6) is 0. The van der Waals surface area contributed by atoms with Crippen LogP contribution in [0.2, 0.25) is 0 Å². The third kappa shape index (κ3) is 11.1. The SMILES string of the molecule is CCCCCCCCCCCCCC(O)(CCCC)S(=O)(=O)O. The lowest BCUT2D eigenvalue weighted by molar-refractivity contribution is 0.0890. The highest BCUT2D eigenvalue weighted by Crippen LogP contribution is 2.27. The molecule has 0 aliphatic heterocycles. The number of rotatable bonds is 16. The first-order valence-electron chi connectivity index (χ1n) is 9.56. The first-order chi connectivity index (χ1) is 10.9. The van der Waals surface area contributed by atoms with Crippen molar-refractivity contribution in [2.75, 3.05) is 0 Å². The molecule has 0 bridgehead atoms. The van der Waals surface area contributed by atoms with Crippen LogP contribution < -0.4 is 0 Å². The van der Waals surface area contributed by atoms with Crippen LogP contribution in [0.5, 0.6) is 0 Å². The van der Waals surface area contributed by atoms with Gasteiger partial charge in [0.2, 0.25) is 0 Å². The minimum Gasteiger partial charge on any atom is -0.372 e. The van der Waals surface area contributed by atoms with E-state index in [4.69, 9.17) is 0 Å². The lowest BCUT2D eigenvalue weighted by Gasteiger charge is -2.24. The van der Waals surface area contributed by atoms with E-state index < -0.39 is 15.1 Å². The Hall–Kier alpha value is -0.130. The average Bonchev–Trinajstić information content (AvgIpc) is 2.49. The summed E-state index contributed by atoms with van der Waals surface area (Å²) in [7, 11) is -4.39. The molecule has 0 radical (unpaired) electrons. The maximum atomic E-state index is 11.4. The second-order valence-electron chi connectivity index (χ2n) is 6.81. The molecule has 2 N–H and O–H groups in total. The van der Waals surface area contributed by atoms with Crippen molar-refractivity contribution >= 4 is 10.1 Å². The summed E-state index contributed by atoms with van der Waals surface area (Å²) in [6, 6.07) is 0. The summed E-state index contributed by atoms with van der Waals surface area (Å²) in [4.78, 5) is -1.94. The lowest BCUT2D eigenvalue weighted by atomic mass is 10.0. The third-order valence-corrected chi connectivity index (χ3v) is 5.94. The molecular weight excluding hydrogens is 312 g/mol. The highest BCUT2D eigenvalue weighted by molar-refractivity contribution is 7.87. The lowest BCUT2D eigenvalue weighted by Crippen LogP contribution is -2.38. The topological polar surface area (TPSA) is 74.6 Å². The van der Waals surface area contributed by atoms with E-state index >= 15 is 0 Å². The number of aliphatic hydroxyl groups is 1. The quantitative estimate of drug-likeness (QED) is 0.286. The molecule has 140 valence electrons. The summed E-state index contributed by atoms with van der Waals surface area (Å²) >= 11 is 0. The Balaban J connectivity index is 3.71. The molecule has 5 heteroatoms. The van der Waals surface area contributed by atoms with Crippen LogP contribution in [0.15, 0.2) is 0 Å². The van der Waals surface area contributed by atoms with Crippen LogP contribution in [0.3, 0.4) is 0 Å². The van der Waals surface area contributed by atoms with E-state index in [-0.39, 0.29) is 12.8 Å². The highest BCUT2D eigenvalue weighted by atomic mass is 32.2. The largest absolute Gasteiger partial charge is 0.372 e. The third-order valence-electron chi connectivity index (χ3n) is 4.57. The van der Waals surface area contributed by atoms with Gasteiger partial charge in [-0.15, -0.1) is 0 Å². The van der Waals surface area contributed by atoms with Crippen LogP contribution in [-0.2, 0) is 10.1 Å². The Kier molecular flexibility index (Phi) is 13.1. The predicted octanol–water partition coefficient (Wildman–Crippen LogP) is 5.45. The van der Waals surface area contributed by atoms with Crippen LogP contribution in [0.4, 0.5) is 0 Å². The molecule has 1 atom stereocenters. The smallest absolute Gasteiger partial charge is 0.294 e. The Bertz CT molecular complexity index is 367. The molecule has 0 aliphatic carbocycles. The second-order valence-corrected chi connectivity index (χ2v) is 8.52. The monoisotopic (exact) mass is 350 g/mol. The van der Waals surface area contributed by atoms with Crippen LogP contribution >= 0.6 is 0 Å². The van der Waals surface area contributed by atoms with Crippen molar-refractivity contribution in [2.45, 2.75) is 115 Å². The zero-order valence-electron chi connectivity index (χ0n) is 15.2. The Morgan fingerprint density at radius 2 is 1.00 bits per heavy atom. The first kappa shape index (κ1) is 22.9. The summed E-state index contributed by atoms with van der Waals surface area (Å²) < 4.78 is 32.0. The molecule has 23 heavy (non-hydrogen) atoms. The van der Waals surface area contributed by atoms with Gasteiger partial charge in [0, 0.05) is 0 Å². The standard InChI is InChI=1S/C18H38O4S/c1-3-5-7-8-9-10-11-12-13-14-15-17-18(19,16-6-4-2)23(20,21)22/h19H,3-17H2,1-2H3,(H,20,21,22). The van der Waals surface area contributed by atoms with Crippen molar-refractivity contribution in [1.82, 2.24) is 0 Å². The van der Waals surface area contributed by atoms with Crippen molar-refractivity contribution in [1.29, 1.82) is 0 Å². The summed E-state index contributed by atoms with van der Waals surface area (Å²) in [6.45, 7) is 4.16. The van der Waals surface area contributed by atoms with Crippen LogP contribution in [0.1, 0.15) is 110 Å². The molecule has 1 unspecified atom stereocenters. The summed E-state index contributed by atoms with van der Waals surface area (Å²) in [5, 5.41) is 10.2. The van der Waals surface area contributed by atoms with E-state index in [1.807, 2.05) is 6.92 Å². The number of unbranched alkanes of at least 4 members (excludes halogenated alkanes) is 11. The fourth-order valence-electron chi connectivity index (χ4n) is 2.90. The molecular formula is C18H38O4S. The molecule has 0 aromatic carbocycles. The Morgan fingerprint density at radius 1 is 0.652 bits per heavy atom. The van der Waals surface area contributed by atoms with Gasteiger partial charge in [-0.25, -0.2) is 0 Å². The Labute approximate surface area is 143 Å². The molecule has 0 heterocycles. The van der Waals surface area contributed by atoms with Gasteiger partial charge in [-0.2, -0.15) is 8.42 Å².